The van der Waals surface area contributed by atoms with E-state index >= 15 is 0 Å². The van der Waals surface area contributed by atoms with Crippen molar-refractivity contribution in [2.75, 3.05) is 6.54 Å². The Morgan fingerprint density at radius 3 is 2.33 bits per heavy atom. The van der Waals surface area contributed by atoms with E-state index < -0.39 is 0 Å². The first kappa shape index (κ1) is 6.75. The van der Waals surface area contributed by atoms with E-state index in [1.165, 1.54) is 0 Å². The summed E-state index contributed by atoms with van der Waals surface area (Å²) in [6.07, 6.45) is 2.50. The highest BCUT2D eigenvalue weighted by atomic mass is 16.1. The first-order chi connectivity index (χ1) is 4.22. The Morgan fingerprint density at radius 2 is 2.22 bits per heavy atom. The van der Waals surface area contributed by atoms with Crippen molar-refractivity contribution in [3.63, 3.8) is 0 Å². The van der Waals surface area contributed by atoms with Crippen LogP contribution in [0.3, 0.4) is 0 Å². The standard InChI is InChI=1S/C7H13NO/c1-2-7(5-8)3-6(9)4-7/h2-5,8H2,1H3. The number of carbonyl (C=O) groups is 1. The number of rotatable bonds is 2. The lowest BCUT2D eigenvalue weighted by atomic mass is 9.66. The summed E-state index contributed by atoms with van der Waals surface area (Å²) in [5, 5.41) is 0. The highest BCUT2D eigenvalue weighted by molar-refractivity contribution is 5.86. The zero-order valence-electron chi connectivity index (χ0n) is 5.81. The Kier molecular flexibility index (Phi) is 1.58. The predicted molar refractivity (Wildman–Crippen MR) is 36.0 cm³/mol. The maximum absolute atomic E-state index is 10.6. The van der Waals surface area contributed by atoms with Crippen LogP contribution in [-0.2, 0) is 4.79 Å². The molecular weight excluding hydrogens is 114 g/mol. The van der Waals surface area contributed by atoms with E-state index in [-0.39, 0.29) is 5.41 Å². The fourth-order valence-electron chi connectivity index (χ4n) is 1.32. The molecule has 0 bridgehead atoms. The molecule has 0 amide bonds. The molecule has 2 nitrogen and oxygen atoms in total. The SMILES string of the molecule is CCC1(CN)CC(=O)C1. The van der Waals surface area contributed by atoms with Crippen molar-refractivity contribution >= 4 is 5.78 Å². The molecule has 0 aromatic carbocycles. The van der Waals surface area contributed by atoms with Crippen molar-refractivity contribution < 1.29 is 4.79 Å². The van der Waals surface area contributed by atoms with Gasteiger partial charge in [-0.2, -0.15) is 0 Å². The Balaban J connectivity index is 2.44. The number of ketones is 1. The summed E-state index contributed by atoms with van der Waals surface area (Å²) in [5.74, 6) is 0.377. The molecule has 1 aliphatic rings. The van der Waals surface area contributed by atoms with Gasteiger partial charge in [-0.15, -0.1) is 0 Å². The smallest absolute Gasteiger partial charge is 0.134 e. The van der Waals surface area contributed by atoms with Gasteiger partial charge in [-0.05, 0) is 18.4 Å². The largest absolute Gasteiger partial charge is 0.330 e. The van der Waals surface area contributed by atoms with E-state index in [0.717, 1.165) is 19.3 Å². The number of hydrogen-bond donors (Lipinski definition) is 1. The zero-order chi connectivity index (χ0) is 6.91. The lowest BCUT2D eigenvalue weighted by Crippen LogP contribution is -2.42. The van der Waals surface area contributed by atoms with Gasteiger partial charge in [-0.3, -0.25) is 4.79 Å². The molecule has 0 aliphatic heterocycles. The highest BCUT2D eigenvalue weighted by Crippen LogP contribution is 2.39. The second-order valence-corrected chi connectivity index (χ2v) is 2.95. The summed E-state index contributed by atoms with van der Waals surface area (Å²) in [5.41, 5.74) is 5.69. The van der Waals surface area contributed by atoms with Gasteiger partial charge in [-0.1, -0.05) is 6.92 Å². The minimum atomic E-state index is 0.205. The van der Waals surface area contributed by atoms with Crippen LogP contribution in [0.25, 0.3) is 0 Å². The van der Waals surface area contributed by atoms with Crippen LogP contribution in [0.15, 0.2) is 0 Å². The van der Waals surface area contributed by atoms with Crippen LogP contribution in [0.4, 0.5) is 0 Å². The summed E-state index contributed by atoms with van der Waals surface area (Å²) >= 11 is 0. The van der Waals surface area contributed by atoms with Gasteiger partial charge >= 0.3 is 0 Å². The van der Waals surface area contributed by atoms with Crippen LogP contribution >= 0.6 is 0 Å². The second kappa shape index (κ2) is 2.10. The van der Waals surface area contributed by atoms with E-state index in [1.54, 1.807) is 0 Å². The fourth-order valence-corrected chi connectivity index (χ4v) is 1.32. The molecule has 0 spiro atoms. The van der Waals surface area contributed by atoms with Crippen molar-refractivity contribution in [2.24, 2.45) is 11.1 Å². The zero-order valence-corrected chi connectivity index (χ0v) is 5.81. The Morgan fingerprint density at radius 1 is 1.67 bits per heavy atom. The predicted octanol–water partition coefficient (Wildman–Crippen LogP) is 0.704. The van der Waals surface area contributed by atoms with Gasteiger partial charge in [0.15, 0.2) is 0 Å². The Bertz CT molecular complexity index is 117. The molecule has 52 valence electrons. The summed E-state index contributed by atoms with van der Waals surface area (Å²) < 4.78 is 0. The van der Waals surface area contributed by atoms with Crippen molar-refractivity contribution in [3.05, 3.63) is 0 Å². The van der Waals surface area contributed by atoms with Gasteiger partial charge in [0.25, 0.3) is 0 Å². The third kappa shape index (κ3) is 0.990. The summed E-state index contributed by atoms with van der Waals surface area (Å²) in [6.45, 7) is 2.77. The van der Waals surface area contributed by atoms with Crippen molar-refractivity contribution in [3.8, 4) is 0 Å². The van der Waals surface area contributed by atoms with Crippen molar-refractivity contribution in [1.82, 2.24) is 0 Å². The van der Waals surface area contributed by atoms with E-state index in [9.17, 15) is 4.79 Å². The van der Waals surface area contributed by atoms with Gasteiger partial charge < -0.3 is 5.73 Å². The van der Waals surface area contributed by atoms with Gasteiger partial charge in [0, 0.05) is 12.8 Å². The van der Waals surface area contributed by atoms with Crippen LogP contribution in [0.5, 0.6) is 0 Å². The number of Topliss-reactive ketones (excluding diaryl/α,β-unsaturated/α-hetero) is 1. The first-order valence-corrected chi connectivity index (χ1v) is 3.44. The Labute approximate surface area is 55.4 Å². The molecule has 1 fully saturated rings. The molecule has 0 radical (unpaired) electrons. The van der Waals surface area contributed by atoms with Crippen LogP contribution in [-0.4, -0.2) is 12.3 Å². The number of hydrogen-bond acceptors (Lipinski definition) is 2. The third-order valence-corrected chi connectivity index (χ3v) is 2.33. The normalized spacial score (nSPS) is 23.6. The van der Waals surface area contributed by atoms with Crippen molar-refractivity contribution in [1.29, 1.82) is 0 Å². The molecule has 0 heterocycles. The van der Waals surface area contributed by atoms with Crippen LogP contribution in [0.2, 0.25) is 0 Å². The van der Waals surface area contributed by atoms with Gasteiger partial charge in [0.1, 0.15) is 5.78 Å². The van der Waals surface area contributed by atoms with E-state index in [0.29, 0.717) is 12.3 Å². The first-order valence-electron chi connectivity index (χ1n) is 3.44. The molecule has 9 heavy (non-hydrogen) atoms. The molecule has 0 saturated heterocycles. The van der Waals surface area contributed by atoms with Crippen molar-refractivity contribution in [2.45, 2.75) is 26.2 Å². The Hall–Kier alpha value is -0.370. The molecule has 2 heteroatoms. The average molecular weight is 127 g/mol. The summed E-state index contributed by atoms with van der Waals surface area (Å²) in [7, 11) is 0. The van der Waals surface area contributed by atoms with Crippen LogP contribution in [0, 0.1) is 5.41 Å². The van der Waals surface area contributed by atoms with Crippen LogP contribution < -0.4 is 5.73 Å². The molecule has 1 saturated carbocycles. The minimum absolute atomic E-state index is 0.205. The molecule has 0 unspecified atom stereocenters. The maximum atomic E-state index is 10.6. The van der Waals surface area contributed by atoms with E-state index in [2.05, 4.69) is 6.92 Å². The van der Waals surface area contributed by atoms with Gasteiger partial charge in [-0.25, -0.2) is 0 Å². The molecular formula is C7H13NO. The quantitative estimate of drug-likeness (QED) is 0.593. The second-order valence-electron chi connectivity index (χ2n) is 2.95. The lowest BCUT2D eigenvalue weighted by molar-refractivity contribution is -0.132. The van der Waals surface area contributed by atoms with Crippen LogP contribution in [0.1, 0.15) is 26.2 Å². The number of carbonyl (C=O) groups excluding carboxylic acids is 1. The summed E-state index contributed by atoms with van der Waals surface area (Å²) in [4.78, 5) is 10.6. The summed E-state index contributed by atoms with van der Waals surface area (Å²) in [6, 6.07) is 0. The van der Waals surface area contributed by atoms with Gasteiger partial charge in [0.2, 0.25) is 0 Å². The monoisotopic (exact) mass is 127 g/mol. The fraction of sp³-hybridized carbons (Fsp3) is 0.857. The number of nitrogens with two attached hydrogens (primary N) is 1. The van der Waals surface area contributed by atoms with Gasteiger partial charge in [0.05, 0.1) is 0 Å². The lowest BCUT2D eigenvalue weighted by Gasteiger charge is -2.38. The van der Waals surface area contributed by atoms with E-state index in [1.807, 2.05) is 0 Å². The topological polar surface area (TPSA) is 43.1 Å². The molecule has 0 aromatic rings. The molecule has 0 atom stereocenters. The molecule has 1 aliphatic carbocycles. The molecule has 1 rings (SSSR count). The average Bonchev–Trinajstić information content (AvgIpc) is 1.81. The highest BCUT2D eigenvalue weighted by Gasteiger charge is 2.40. The minimum Gasteiger partial charge on any atom is -0.330 e. The van der Waals surface area contributed by atoms with E-state index in [4.69, 9.17) is 5.73 Å². The third-order valence-electron chi connectivity index (χ3n) is 2.33. The molecule has 0 aromatic heterocycles. The maximum Gasteiger partial charge on any atom is 0.134 e. The molecule has 2 N–H and O–H groups in total.